The maximum Gasteiger partial charge on any atom is 0.360 e. The summed E-state index contributed by atoms with van der Waals surface area (Å²) < 4.78 is 6.57. The first-order chi connectivity index (χ1) is 13.9. The molecule has 9 heteroatoms. The van der Waals surface area contributed by atoms with Crippen LogP contribution in [0.5, 0.6) is 0 Å². The van der Waals surface area contributed by atoms with Crippen LogP contribution in [-0.4, -0.2) is 51.8 Å². The van der Waals surface area contributed by atoms with E-state index < -0.39 is 24.0 Å². The summed E-state index contributed by atoms with van der Waals surface area (Å²) in [5, 5.41) is 7.48. The number of fused-ring (bicyclic) bond motifs is 1. The van der Waals surface area contributed by atoms with Gasteiger partial charge >= 0.3 is 12.0 Å². The highest BCUT2D eigenvalue weighted by atomic mass is 16.5. The van der Waals surface area contributed by atoms with Crippen molar-refractivity contribution in [3.8, 4) is 0 Å². The van der Waals surface area contributed by atoms with Crippen LogP contribution >= 0.6 is 0 Å². The lowest BCUT2D eigenvalue weighted by Gasteiger charge is -2.18. The zero-order chi connectivity index (χ0) is 21.0. The molecule has 1 aliphatic rings. The van der Waals surface area contributed by atoms with Crippen LogP contribution in [-0.2, 0) is 16.1 Å². The summed E-state index contributed by atoms with van der Waals surface area (Å²) in [6, 6.07) is 6.16. The number of hydrogen-bond acceptors (Lipinski definition) is 6. The first-order valence-corrected chi connectivity index (χ1v) is 9.74. The molecule has 1 N–H and O–H groups in total. The highest BCUT2D eigenvalue weighted by Gasteiger charge is 2.32. The molecule has 0 spiro atoms. The number of benzene rings is 1. The fraction of sp³-hybridized carbons (Fsp3) is 0.450. The van der Waals surface area contributed by atoms with Gasteiger partial charge in [0.1, 0.15) is 0 Å². The minimum atomic E-state index is -1.16. The third-order valence-corrected chi connectivity index (χ3v) is 4.79. The average molecular weight is 400 g/mol. The largest absolute Gasteiger partial charge is 0.448 e. The van der Waals surface area contributed by atoms with Crippen LogP contribution in [0.4, 0.5) is 4.79 Å². The fourth-order valence-corrected chi connectivity index (χ4v) is 3.22. The normalized spacial score (nSPS) is 14.7. The van der Waals surface area contributed by atoms with E-state index in [9.17, 15) is 19.2 Å². The van der Waals surface area contributed by atoms with Crippen molar-refractivity contribution in [3.63, 3.8) is 0 Å². The number of nitrogens with one attached hydrogen (secondary N) is 1. The van der Waals surface area contributed by atoms with Crippen LogP contribution in [0.15, 0.2) is 29.1 Å². The number of nitrogens with zero attached hydrogens (tertiary/aromatic N) is 3. The van der Waals surface area contributed by atoms with Crippen LogP contribution in [0, 0.1) is 0 Å². The van der Waals surface area contributed by atoms with Crippen molar-refractivity contribution in [3.05, 3.63) is 40.3 Å². The number of rotatable bonds is 7. The topological polar surface area (TPSA) is 111 Å². The van der Waals surface area contributed by atoms with Crippen LogP contribution in [0.25, 0.3) is 10.8 Å². The second kappa shape index (κ2) is 8.85. The number of aromatic nitrogens is 2. The van der Waals surface area contributed by atoms with Crippen molar-refractivity contribution in [2.45, 2.75) is 45.8 Å². The van der Waals surface area contributed by atoms with E-state index in [1.54, 1.807) is 24.3 Å². The van der Waals surface area contributed by atoms with Crippen molar-refractivity contribution in [1.82, 2.24) is 20.0 Å². The molecule has 1 aliphatic heterocycles. The molecule has 1 aromatic heterocycles. The predicted molar refractivity (Wildman–Crippen MR) is 106 cm³/mol. The SMILES string of the molecule is CCCCCn1nc(C(=O)O[C@@H](C)C(=O)N2CCNC2=O)c2ccccc2c1=O. The molecule has 1 fully saturated rings. The summed E-state index contributed by atoms with van der Waals surface area (Å²) in [6.07, 6.45) is 1.52. The van der Waals surface area contributed by atoms with Gasteiger partial charge in [-0.1, -0.05) is 38.0 Å². The fourth-order valence-electron chi connectivity index (χ4n) is 3.22. The second-order valence-corrected chi connectivity index (χ2v) is 6.90. The molecule has 9 nitrogen and oxygen atoms in total. The standard InChI is InChI=1S/C20H24N4O5/c1-3-4-7-11-24-18(26)15-9-6-5-8-14(15)16(22-24)19(27)29-13(2)17(25)23-12-10-21-20(23)28/h5-6,8-9,13H,3-4,7,10-12H2,1-2H3,(H,21,28)/t13-/m0/s1. The Morgan fingerprint density at radius 1 is 1.21 bits per heavy atom. The summed E-state index contributed by atoms with van der Waals surface area (Å²) in [5.41, 5.74) is -0.298. The molecule has 3 rings (SSSR count). The Morgan fingerprint density at radius 2 is 1.93 bits per heavy atom. The average Bonchev–Trinajstić information content (AvgIpc) is 3.15. The van der Waals surface area contributed by atoms with Gasteiger partial charge in [0.15, 0.2) is 11.8 Å². The molecule has 1 saturated heterocycles. The number of carbonyl (C=O) groups is 3. The summed E-state index contributed by atoms with van der Waals surface area (Å²) in [7, 11) is 0. The molecule has 2 aromatic rings. The smallest absolute Gasteiger partial charge is 0.360 e. The Balaban J connectivity index is 1.88. The maximum atomic E-state index is 12.8. The van der Waals surface area contributed by atoms with Gasteiger partial charge in [-0.25, -0.2) is 14.3 Å². The molecule has 0 unspecified atom stereocenters. The first-order valence-electron chi connectivity index (χ1n) is 9.74. The Morgan fingerprint density at radius 3 is 2.59 bits per heavy atom. The number of unbranched alkanes of at least 4 members (excludes halogenated alkanes) is 2. The molecule has 2 heterocycles. The summed E-state index contributed by atoms with van der Waals surface area (Å²) in [5.74, 6) is -1.42. The number of carbonyl (C=O) groups excluding carboxylic acids is 3. The molecular formula is C20H24N4O5. The van der Waals surface area contributed by atoms with Crippen molar-refractivity contribution in [2.75, 3.05) is 13.1 Å². The zero-order valence-electron chi connectivity index (χ0n) is 16.5. The highest BCUT2D eigenvalue weighted by molar-refractivity contribution is 6.04. The molecule has 0 aliphatic carbocycles. The van der Waals surface area contributed by atoms with Gasteiger partial charge in [0, 0.05) is 25.0 Å². The minimum absolute atomic E-state index is 0.0257. The predicted octanol–water partition coefficient (Wildman–Crippen LogP) is 1.68. The lowest BCUT2D eigenvalue weighted by atomic mass is 10.1. The third-order valence-electron chi connectivity index (χ3n) is 4.79. The highest BCUT2D eigenvalue weighted by Crippen LogP contribution is 2.16. The number of amides is 3. The number of hydrogen-bond donors (Lipinski definition) is 1. The number of aryl methyl sites for hydroxylation is 1. The van der Waals surface area contributed by atoms with E-state index in [2.05, 4.69) is 17.3 Å². The van der Waals surface area contributed by atoms with Crippen LogP contribution in [0.1, 0.15) is 43.6 Å². The molecule has 154 valence electrons. The minimum Gasteiger partial charge on any atom is -0.448 e. The quantitative estimate of drug-likeness (QED) is 0.559. The molecular weight excluding hydrogens is 376 g/mol. The van der Waals surface area contributed by atoms with Gasteiger partial charge < -0.3 is 10.1 Å². The summed E-state index contributed by atoms with van der Waals surface area (Å²) >= 11 is 0. The van der Waals surface area contributed by atoms with E-state index in [0.717, 1.165) is 24.2 Å². The molecule has 0 radical (unpaired) electrons. The van der Waals surface area contributed by atoms with Gasteiger partial charge in [-0.2, -0.15) is 5.10 Å². The van der Waals surface area contributed by atoms with E-state index in [1.165, 1.54) is 11.6 Å². The Bertz CT molecular complexity index is 1000. The molecule has 1 aromatic carbocycles. The number of ether oxygens (including phenoxy) is 1. The van der Waals surface area contributed by atoms with Gasteiger partial charge in [-0.15, -0.1) is 0 Å². The van der Waals surface area contributed by atoms with E-state index in [1.807, 2.05) is 0 Å². The lowest BCUT2D eigenvalue weighted by Crippen LogP contribution is -2.42. The molecule has 0 saturated carbocycles. The van der Waals surface area contributed by atoms with Gasteiger partial charge in [0.25, 0.3) is 11.5 Å². The Labute approximate surface area is 167 Å². The second-order valence-electron chi connectivity index (χ2n) is 6.90. The van der Waals surface area contributed by atoms with Crippen molar-refractivity contribution in [2.24, 2.45) is 0 Å². The molecule has 0 bridgehead atoms. The third kappa shape index (κ3) is 4.28. The Kier molecular flexibility index (Phi) is 6.26. The number of urea groups is 1. The van der Waals surface area contributed by atoms with Gasteiger partial charge in [-0.3, -0.25) is 14.5 Å². The van der Waals surface area contributed by atoms with E-state index in [4.69, 9.17) is 4.74 Å². The monoisotopic (exact) mass is 400 g/mol. The van der Waals surface area contributed by atoms with Crippen LogP contribution in [0.2, 0.25) is 0 Å². The van der Waals surface area contributed by atoms with E-state index in [-0.39, 0.29) is 17.8 Å². The first kappa shape index (κ1) is 20.5. The summed E-state index contributed by atoms with van der Waals surface area (Å²) in [4.78, 5) is 50.5. The lowest BCUT2D eigenvalue weighted by molar-refractivity contribution is -0.136. The molecule has 1 atom stereocenters. The maximum absolute atomic E-state index is 12.8. The van der Waals surface area contributed by atoms with Crippen LogP contribution in [0.3, 0.4) is 0 Å². The van der Waals surface area contributed by atoms with E-state index >= 15 is 0 Å². The van der Waals surface area contributed by atoms with Gasteiger partial charge in [0.05, 0.1) is 5.39 Å². The number of imide groups is 1. The van der Waals surface area contributed by atoms with Gasteiger partial charge in [-0.05, 0) is 19.4 Å². The number of esters is 1. The summed E-state index contributed by atoms with van der Waals surface area (Å²) in [6.45, 7) is 4.44. The van der Waals surface area contributed by atoms with E-state index in [0.29, 0.717) is 23.9 Å². The molecule has 3 amide bonds. The van der Waals surface area contributed by atoms with Crippen molar-refractivity contribution >= 4 is 28.7 Å². The zero-order valence-corrected chi connectivity index (χ0v) is 16.5. The molecule has 29 heavy (non-hydrogen) atoms. The van der Waals surface area contributed by atoms with Crippen molar-refractivity contribution < 1.29 is 19.1 Å². The van der Waals surface area contributed by atoms with Crippen molar-refractivity contribution in [1.29, 1.82) is 0 Å². The van der Waals surface area contributed by atoms with Crippen LogP contribution < -0.4 is 10.9 Å². The van der Waals surface area contributed by atoms with Gasteiger partial charge in [0.2, 0.25) is 0 Å². The Hall–Kier alpha value is -3.23.